The van der Waals surface area contributed by atoms with Crippen molar-refractivity contribution in [3.05, 3.63) is 371 Å². The molecule has 0 atom stereocenters. The second kappa shape index (κ2) is 51.3. The third kappa shape index (κ3) is 31.0. The normalized spacial score (nSPS) is 12.0. The van der Waals surface area contributed by atoms with Crippen LogP contribution in [0, 0.1) is 26.0 Å². The Morgan fingerprint density at radius 2 is 0.696 bits per heavy atom. The Morgan fingerprint density at radius 1 is 0.378 bits per heavy atom. The number of hydrogen-bond donors (Lipinski definition) is 6. The number of nitro groups is 2. The molecule has 1 fully saturated rings. The van der Waals surface area contributed by atoms with Crippen LogP contribution in [0.4, 0.5) is 96.9 Å². The smallest absolute Gasteiger partial charge is 0.398 e. The quantitative estimate of drug-likeness (QED) is 0.00963. The summed E-state index contributed by atoms with van der Waals surface area (Å²) in [5.41, 5.74) is 11.4. The van der Waals surface area contributed by atoms with Crippen LogP contribution in [0.3, 0.4) is 0 Å². The number of nitrogens with one attached hydrogen (secondary N) is 5. The maximum absolute atomic E-state index is 13.7. The van der Waals surface area contributed by atoms with E-state index < -0.39 is 92.2 Å². The number of hydrogen-bond acceptors (Lipinski definition) is 20. The van der Waals surface area contributed by atoms with Crippen LogP contribution in [-0.2, 0) is 55.6 Å². The summed E-state index contributed by atoms with van der Waals surface area (Å²) >= 11 is 0. The monoisotopic (exact) mass is 2050 g/mol. The van der Waals surface area contributed by atoms with Gasteiger partial charge in [0.1, 0.15) is 5.82 Å². The molecule has 0 bridgehead atoms. The second-order valence-corrected chi connectivity index (χ2v) is 33.4. The topological polar surface area (TPSA) is 352 Å². The summed E-state index contributed by atoms with van der Waals surface area (Å²) in [7, 11) is 1.74. The molecule has 9 aromatic carbocycles. The van der Waals surface area contributed by atoms with E-state index in [1.807, 2.05) is 62.9 Å². The lowest BCUT2D eigenvalue weighted by Crippen LogP contribution is -2.41. The molecule has 13 aromatic rings. The van der Waals surface area contributed by atoms with E-state index in [0.717, 1.165) is 130 Å². The van der Waals surface area contributed by atoms with Gasteiger partial charge in [-0.15, -0.1) is 0 Å². The van der Waals surface area contributed by atoms with Crippen molar-refractivity contribution in [2.24, 2.45) is 0 Å². The zero-order valence-corrected chi connectivity index (χ0v) is 81.1. The summed E-state index contributed by atoms with van der Waals surface area (Å²) in [6.07, 6.45) is -12.3. The molecule has 1 saturated heterocycles. The standard InChI is InChI=1S/C39H43F3N6O4.C24H23F3N4O3.C24H25F3N4O.C20H13F4N3O3/c1-4-48(5-2)32-12-13-34(45-37(50)28-9-7-10-30(23-28)38(51)46(3)16-17-47-18-20-52-21-19-47)33(25-32)35-24-29(14-15-43-35)36(49)44-26-27-8-6-11-31(22-27)39(40,41)42;1-3-30(4-2)19-8-9-22(31(33)34)20(14-19)21-13-17(10-11-28-21)23(32)29-15-16-6-5-7-18(12-16)24(25,26)27;1-3-31(4-2)19-8-9-21(28)20(14-19)22-13-17(10-11-29-22)23(32)30-15-16-6-5-7-18(12-16)24(25,26)27;21-15-4-5-18(27(29)30)16(10-15)17-9-13(6-7-25-17)19(28)26-11-12-2-1-3-14(8-12)20(22,23)24/h6-15,22-25H,4-5,16-21,26H2,1-3H3,(H,44,49)(H,45,50);5-14H,3-4,15H2,1-2H3,(H,29,32);5-14H,3-4,15,28H2,1-2H3,(H,30,32);1-10H,11H2,(H,26,28). The molecular weight excluding hydrogens is 1950 g/mol. The average molecular weight is 2050 g/mol. The Hall–Kier alpha value is -16.6. The van der Waals surface area contributed by atoms with E-state index in [4.69, 9.17) is 10.5 Å². The highest BCUT2D eigenvalue weighted by atomic mass is 19.4. The molecule has 5 heterocycles. The van der Waals surface area contributed by atoms with Crippen LogP contribution in [0.2, 0.25) is 0 Å². The number of ether oxygens (including phenoxy) is 1. The van der Waals surface area contributed by atoms with Crippen molar-refractivity contribution in [1.29, 1.82) is 0 Å². The number of nitro benzene ring substituents is 2. The number of anilines is 5. The molecule has 7 N–H and O–H groups in total. The highest BCUT2D eigenvalue weighted by Crippen LogP contribution is 2.40. The van der Waals surface area contributed by atoms with E-state index in [-0.39, 0.29) is 88.2 Å². The van der Waals surface area contributed by atoms with E-state index >= 15 is 0 Å². The number of morpholine rings is 1. The van der Waals surface area contributed by atoms with E-state index in [9.17, 15) is 106 Å². The number of carbonyl (C=O) groups excluding carboxylic acids is 6. The average Bonchev–Trinajstić information content (AvgIpc) is 0.805. The number of pyridine rings is 4. The van der Waals surface area contributed by atoms with Crippen LogP contribution in [0.25, 0.3) is 45.0 Å². The van der Waals surface area contributed by atoms with Gasteiger partial charge in [0, 0.05) is 203 Å². The zero-order chi connectivity index (χ0) is 107. The molecule has 0 unspecified atom stereocenters. The summed E-state index contributed by atoms with van der Waals surface area (Å²) < 4.78 is 174. The lowest BCUT2D eigenvalue weighted by Gasteiger charge is -2.28. The van der Waals surface area contributed by atoms with Crippen LogP contribution < -0.4 is 47.0 Å². The van der Waals surface area contributed by atoms with Crippen molar-refractivity contribution >= 4 is 75.3 Å². The molecule has 0 spiro atoms. The predicted octanol–water partition coefficient (Wildman–Crippen LogP) is 21.5. The van der Waals surface area contributed by atoms with Gasteiger partial charge in [-0.05, 0) is 240 Å². The molecule has 1 aliphatic heterocycles. The summed E-state index contributed by atoms with van der Waals surface area (Å²) in [6, 6.07) is 56.0. The minimum atomic E-state index is -4.50. The number of rotatable bonds is 33. The Labute approximate surface area is 842 Å². The van der Waals surface area contributed by atoms with Crippen molar-refractivity contribution in [3.63, 3.8) is 0 Å². The number of aromatic nitrogens is 4. The number of nitrogens with zero attached hydrogens (tertiary/aromatic N) is 11. The van der Waals surface area contributed by atoms with Crippen LogP contribution in [0.15, 0.2) is 267 Å². The maximum Gasteiger partial charge on any atom is 0.416 e. The number of carbonyl (C=O) groups is 6. The highest BCUT2D eigenvalue weighted by Gasteiger charge is 2.35. The first-order chi connectivity index (χ1) is 70.5. The van der Waals surface area contributed by atoms with Gasteiger partial charge in [0.2, 0.25) is 0 Å². The molecule has 28 nitrogen and oxygen atoms in total. The third-order valence-corrected chi connectivity index (χ3v) is 23.6. The first kappa shape index (κ1) is 112. The van der Waals surface area contributed by atoms with Crippen LogP contribution in [0.1, 0.15) is 148 Å². The van der Waals surface area contributed by atoms with Gasteiger partial charge in [0.15, 0.2) is 0 Å². The minimum Gasteiger partial charge on any atom is -0.398 e. The Kier molecular flexibility index (Phi) is 38.7. The molecule has 148 heavy (non-hydrogen) atoms. The van der Waals surface area contributed by atoms with Gasteiger partial charge in [0.25, 0.3) is 46.8 Å². The van der Waals surface area contributed by atoms with Gasteiger partial charge in [-0.25, -0.2) is 4.39 Å². The lowest BCUT2D eigenvalue weighted by molar-refractivity contribution is -0.384. The fourth-order valence-corrected chi connectivity index (χ4v) is 15.6. The van der Waals surface area contributed by atoms with Gasteiger partial charge in [-0.3, -0.25) is 73.8 Å². The number of nitrogen functional groups attached to an aromatic ring is 1. The molecule has 4 aromatic heterocycles. The van der Waals surface area contributed by atoms with E-state index in [0.29, 0.717) is 100 Å². The number of halogens is 13. The van der Waals surface area contributed by atoms with Gasteiger partial charge >= 0.3 is 24.7 Å². The summed E-state index contributed by atoms with van der Waals surface area (Å²) in [4.78, 5) is 127. The molecule has 14 rings (SSSR count). The van der Waals surface area contributed by atoms with Crippen molar-refractivity contribution < 1.29 is 100 Å². The minimum absolute atomic E-state index is 0.00733. The maximum atomic E-state index is 13.7. The largest absolute Gasteiger partial charge is 0.416 e. The summed E-state index contributed by atoms with van der Waals surface area (Å²) in [5.74, 6) is -3.42. The van der Waals surface area contributed by atoms with Crippen molar-refractivity contribution in [2.75, 3.05) is 111 Å². The van der Waals surface area contributed by atoms with Crippen molar-refractivity contribution in [2.45, 2.75) is 92.4 Å². The number of amides is 6. The Morgan fingerprint density at radius 3 is 1.07 bits per heavy atom. The van der Waals surface area contributed by atoms with E-state index in [1.54, 1.807) is 72.6 Å². The van der Waals surface area contributed by atoms with Crippen LogP contribution in [0.5, 0.6) is 0 Å². The number of benzene rings is 9. The molecule has 0 radical (unpaired) electrons. The first-order valence-corrected chi connectivity index (χ1v) is 46.6. The number of likely N-dealkylation sites (N-methyl/N-ethyl adjacent to an activating group) is 1. The predicted molar refractivity (Wildman–Crippen MR) is 536 cm³/mol. The molecular formula is C107H104F13N17O11. The molecule has 774 valence electrons. The molecule has 0 aliphatic carbocycles. The Balaban J connectivity index is 0.000000193. The van der Waals surface area contributed by atoms with Crippen molar-refractivity contribution in [1.82, 2.24) is 51.0 Å². The molecule has 41 heteroatoms. The molecule has 6 amide bonds. The lowest BCUT2D eigenvalue weighted by atomic mass is 10.0. The van der Waals surface area contributed by atoms with E-state index in [2.05, 4.69) is 75.1 Å². The van der Waals surface area contributed by atoms with Crippen LogP contribution >= 0.6 is 0 Å². The molecule has 0 saturated carbocycles. The first-order valence-electron chi connectivity index (χ1n) is 46.6. The fourth-order valence-electron chi connectivity index (χ4n) is 15.6. The highest BCUT2D eigenvalue weighted by molar-refractivity contribution is 6.08. The SMILES string of the molecule is CCN(CC)c1ccc(N)c(-c2cc(C(=O)NCc3cccc(C(F)(F)F)c3)ccn2)c1.CCN(CC)c1ccc(NC(=O)c2cccc(C(=O)N(C)CCN3CCOCC3)c2)c(-c2cc(C(=O)NCc3cccc(C(F)(F)F)c3)ccn2)c1.CCN(CC)c1ccc([N+](=O)[O-])c(-c2cc(C(=O)NCc3cccc(C(F)(F)F)c3)ccn2)c1.O=C(NCc1cccc(C(F)(F)F)c1)c1ccnc(-c2cc(F)ccc2[N+](=O)[O-])c1. The fraction of sp³-hybridized carbons (Fsp3) is 0.252. The van der Waals surface area contributed by atoms with Crippen molar-refractivity contribution in [3.8, 4) is 45.0 Å². The zero-order valence-electron chi connectivity index (χ0n) is 81.1. The van der Waals surface area contributed by atoms with Gasteiger partial charge < -0.3 is 56.7 Å². The number of nitrogens with two attached hydrogens (primary N) is 1. The summed E-state index contributed by atoms with van der Waals surface area (Å²) in [6.45, 7) is 20.5. The van der Waals surface area contributed by atoms with E-state index in [1.165, 1.54) is 110 Å². The van der Waals surface area contributed by atoms with Gasteiger partial charge in [-0.2, -0.15) is 52.7 Å². The van der Waals surface area contributed by atoms with Gasteiger partial charge in [0.05, 0.1) is 84.9 Å². The summed E-state index contributed by atoms with van der Waals surface area (Å²) in [5, 5.41) is 36.2. The molecule has 1 aliphatic rings. The van der Waals surface area contributed by atoms with Gasteiger partial charge in [-0.1, -0.05) is 54.6 Å². The van der Waals surface area contributed by atoms with Crippen LogP contribution in [-0.4, -0.2) is 161 Å². The number of alkyl halides is 12. The Bertz CT molecular complexity index is 6880. The third-order valence-electron chi connectivity index (χ3n) is 23.6. The second-order valence-electron chi connectivity index (χ2n) is 33.4.